The molecule has 2 saturated heterocycles. The molecule has 134 valence electrons. The fourth-order valence-electron chi connectivity index (χ4n) is 3.18. The summed E-state index contributed by atoms with van der Waals surface area (Å²) in [6.45, 7) is 2.48. The highest BCUT2D eigenvalue weighted by molar-refractivity contribution is 5.71. The van der Waals surface area contributed by atoms with Crippen LogP contribution in [0.5, 0.6) is 0 Å². The average Bonchev–Trinajstić information content (AvgIpc) is 2.49. The van der Waals surface area contributed by atoms with Crippen LogP contribution in [0, 0.1) is 0 Å². The van der Waals surface area contributed by atoms with Crippen molar-refractivity contribution in [2.45, 2.75) is 69.5 Å². The van der Waals surface area contributed by atoms with Gasteiger partial charge >= 0.3 is 5.97 Å². The standard InChI is InChI=1S/C16H28O7/c1-11(20-9-18-2)4-12(21-10-19-3)5-13-6-14-7-15(22-13)8-16(17)23-14/h11-15H,4-10H2,1-3H3/t11-,12-,13-,14-,15+/m0/s1. The van der Waals surface area contributed by atoms with E-state index in [0.717, 1.165) is 25.7 Å². The monoisotopic (exact) mass is 332 g/mol. The first-order valence-corrected chi connectivity index (χ1v) is 8.16. The molecule has 0 aromatic heterocycles. The highest BCUT2D eigenvalue weighted by Gasteiger charge is 2.38. The van der Waals surface area contributed by atoms with Crippen LogP contribution in [-0.2, 0) is 33.2 Å². The quantitative estimate of drug-likeness (QED) is 0.445. The van der Waals surface area contributed by atoms with E-state index in [0.29, 0.717) is 6.42 Å². The molecule has 0 unspecified atom stereocenters. The molecule has 0 spiro atoms. The fraction of sp³-hybridized carbons (Fsp3) is 0.938. The molecule has 2 aliphatic heterocycles. The normalized spacial score (nSPS) is 29.9. The van der Waals surface area contributed by atoms with Gasteiger partial charge in [-0.25, -0.2) is 0 Å². The van der Waals surface area contributed by atoms with Crippen LogP contribution in [0.15, 0.2) is 0 Å². The Kier molecular flexibility index (Phi) is 7.72. The van der Waals surface area contributed by atoms with Crippen molar-refractivity contribution in [1.29, 1.82) is 0 Å². The van der Waals surface area contributed by atoms with E-state index in [1.165, 1.54) is 0 Å². The molecule has 2 rings (SSSR count). The fourth-order valence-corrected chi connectivity index (χ4v) is 3.18. The van der Waals surface area contributed by atoms with Gasteiger partial charge in [-0.1, -0.05) is 0 Å². The number of hydrogen-bond donors (Lipinski definition) is 0. The van der Waals surface area contributed by atoms with E-state index in [1.807, 2.05) is 6.92 Å². The van der Waals surface area contributed by atoms with E-state index in [-0.39, 0.29) is 50.1 Å². The molecule has 2 fully saturated rings. The second-order valence-electron chi connectivity index (χ2n) is 6.22. The average molecular weight is 332 g/mol. The molecule has 0 amide bonds. The van der Waals surface area contributed by atoms with Crippen molar-refractivity contribution in [3.05, 3.63) is 0 Å². The number of rotatable bonds is 10. The summed E-state index contributed by atoms with van der Waals surface area (Å²) in [5.74, 6) is -0.154. The Labute approximate surface area is 137 Å². The number of esters is 1. The molecule has 2 aliphatic rings. The highest BCUT2D eigenvalue weighted by atomic mass is 16.7. The smallest absolute Gasteiger partial charge is 0.308 e. The Bertz CT molecular complexity index is 346. The first-order chi connectivity index (χ1) is 11.1. The lowest BCUT2D eigenvalue weighted by atomic mass is 9.93. The van der Waals surface area contributed by atoms with Crippen LogP contribution in [0.1, 0.15) is 39.0 Å². The third-order valence-corrected chi connectivity index (χ3v) is 4.14. The second-order valence-corrected chi connectivity index (χ2v) is 6.22. The molecule has 5 atom stereocenters. The maximum Gasteiger partial charge on any atom is 0.308 e. The van der Waals surface area contributed by atoms with Crippen LogP contribution in [0.4, 0.5) is 0 Å². The summed E-state index contributed by atoms with van der Waals surface area (Å²) in [5, 5.41) is 0. The Morgan fingerprint density at radius 1 is 1.13 bits per heavy atom. The van der Waals surface area contributed by atoms with Gasteiger partial charge in [0.2, 0.25) is 0 Å². The van der Waals surface area contributed by atoms with Crippen LogP contribution >= 0.6 is 0 Å². The summed E-state index contributed by atoms with van der Waals surface area (Å²) in [7, 11) is 3.20. The van der Waals surface area contributed by atoms with Crippen LogP contribution in [-0.4, -0.2) is 64.3 Å². The van der Waals surface area contributed by atoms with Gasteiger partial charge in [-0.05, 0) is 13.3 Å². The van der Waals surface area contributed by atoms with E-state index < -0.39 is 0 Å². The lowest BCUT2D eigenvalue weighted by Crippen LogP contribution is -2.45. The van der Waals surface area contributed by atoms with Crippen molar-refractivity contribution in [2.75, 3.05) is 27.8 Å². The van der Waals surface area contributed by atoms with Gasteiger partial charge in [0, 0.05) is 33.5 Å². The molecule has 0 aromatic rings. The Morgan fingerprint density at radius 2 is 1.87 bits per heavy atom. The minimum atomic E-state index is -0.154. The van der Waals surface area contributed by atoms with Crippen LogP contribution < -0.4 is 0 Å². The van der Waals surface area contributed by atoms with E-state index >= 15 is 0 Å². The Balaban J connectivity index is 1.83. The summed E-state index contributed by atoms with van der Waals surface area (Å²) in [6, 6.07) is 0. The Hall–Kier alpha value is -0.730. The summed E-state index contributed by atoms with van der Waals surface area (Å²) in [4.78, 5) is 11.4. The zero-order valence-corrected chi connectivity index (χ0v) is 14.2. The summed E-state index contributed by atoms with van der Waals surface area (Å²) < 4.78 is 32.6. The van der Waals surface area contributed by atoms with E-state index in [1.54, 1.807) is 14.2 Å². The second kappa shape index (κ2) is 9.54. The van der Waals surface area contributed by atoms with Gasteiger partial charge in [-0.2, -0.15) is 0 Å². The topological polar surface area (TPSA) is 72.5 Å². The minimum Gasteiger partial charge on any atom is -0.462 e. The van der Waals surface area contributed by atoms with Crippen molar-refractivity contribution in [2.24, 2.45) is 0 Å². The SMILES string of the molecule is COCO[C@H](C[C@H]1C[C@H]2C[C@H](CC(=O)O2)O1)C[C@H](C)OCOC. The molecule has 0 N–H and O–H groups in total. The van der Waals surface area contributed by atoms with Gasteiger partial charge in [0.15, 0.2) is 0 Å². The molecule has 2 bridgehead atoms. The van der Waals surface area contributed by atoms with Gasteiger partial charge in [-0.3, -0.25) is 4.79 Å². The Morgan fingerprint density at radius 3 is 2.57 bits per heavy atom. The zero-order valence-electron chi connectivity index (χ0n) is 14.2. The van der Waals surface area contributed by atoms with Crippen molar-refractivity contribution >= 4 is 5.97 Å². The molecular weight excluding hydrogens is 304 g/mol. The number of methoxy groups -OCH3 is 2. The van der Waals surface area contributed by atoms with Gasteiger partial charge in [0.1, 0.15) is 19.7 Å². The molecule has 0 aromatic carbocycles. The molecule has 0 radical (unpaired) electrons. The lowest BCUT2D eigenvalue weighted by Gasteiger charge is -2.39. The molecule has 0 saturated carbocycles. The molecular formula is C16H28O7. The largest absolute Gasteiger partial charge is 0.462 e. The molecule has 23 heavy (non-hydrogen) atoms. The zero-order chi connectivity index (χ0) is 16.7. The predicted molar refractivity (Wildman–Crippen MR) is 80.8 cm³/mol. The summed E-state index contributed by atoms with van der Waals surface area (Å²) in [5.41, 5.74) is 0. The van der Waals surface area contributed by atoms with Gasteiger partial charge < -0.3 is 28.4 Å². The number of carbonyl (C=O) groups excluding carboxylic acids is 1. The molecule has 0 aliphatic carbocycles. The summed E-state index contributed by atoms with van der Waals surface area (Å²) >= 11 is 0. The first-order valence-electron chi connectivity index (χ1n) is 8.16. The minimum absolute atomic E-state index is 0.0118. The number of fused-ring (bicyclic) bond motifs is 2. The highest BCUT2D eigenvalue weighted by Crippen LogP contribution is 2.31. The molecule has 7 heteroatoms. The third-order valence-electron chi connectivity index (χ3n) is 4.14. The van der Waals surface area contributed by atoms with Crippen LogP contribution in [0.25, 0.3) is 0 Å². The number of hydrogen-bond acceptors (Lipinski definition) is 7. The first kappa shape index (κ1) is 18.6. The van der Waals surface area contributed by atoms with Crippen LogP contribution in [0.2, 0.25) is 0 Å². The van der Waals surface area contributed by atoms with Gasteiger partial charge in [0.25, 0.3) is 0 Å². The predicted octanol–water partition coefficient (Wildman–Crippen LogP) is 1.63. The van der Waals surface area contributed by atoms with E-state index in [2.05, 4.69) is 0 Å². The number of ether oxygens (including phenoxy) is 6. The van der Waals surface area contributed by atoms with Gasteiger partial charge in [0.05, 0.1) is 30.8 Å². The number of carbonyl (C=O) groups is 1. The van der Waals surface area contributed by atoms with Crippen molar-refractivity contribution in [1.82, 2.24) is 0 Å². The molecule has 7 nitrogen and oxygen atoms in total. The van der Waals surface area contributed by atoms with Crippen LogP contribution in [0.3, 0.4) is 0 Å². The maximum absolute atomic E-state index is 11.4. The van der Waals surface area contributed by atoms with Crippen molar-refractivity contribution in [3.8, 4) is 0 Å². The third kappa shape index (κ3) is 6.35. The summed E-state index contributed by atoms with van der Waals surface area (Å²) in [6.07, 6.45) is 3.29. The molecule has 2 heterocycles. The maximum atomic E-state index is 11.4. The lowest BCUT2D eigenvalue weighted by molar-refractivity contribution is -0.190. The van der Waals surface area contributed by atoms with Gasteiger partial charge in [-0.15, -0.1) is 0 Å². The van der Waals surface area contributed by atoms with Crippen molar-refractivity contribution < 1.29 is 33.2 Å². The van der Waals surface area contributed by atoms with E-state index in [9.17, 15) is 4.79 Å². The van der Waals surface area contributed by atoms with Crippen molar-refractivity contribution in [3.63, 3.8) is 0 Å². The van der Waals surface area contributed by atoms with E-state index in [4.69, 9.17) is 28.4 Å².